The summed E-state index contributed by atoms with van der Waals surface area (Å²) in [4.78, 5) is 12.2. The van der Waals surface area contributed by atoms with Gasteiger partial charge in [0.1, 0.15) is 0 Å². The molecule has 2 aromatic rings. The first kappa shape index (κ1) is 18.3. The van der Waals surface area contributed by atoms with E-state index in [0.29, 0.717) is 31.1 Å². The van der Waals surface area contributed by atoms with Crippen LogP contribution in [-0.4, -0.2) is 19.1 Å². The van der Waals surface area contributed by atoms with Gasteiger partial charge in [0, 0.05) is 16.6 Å². The highest BCUT2D eigenvalue weighted by Gasteiger charge is 2.09. The fraction of sp³-hybridized carbons (Fsp3) is 0.316. The summed E-state index contributed by atoms with van der Waals surface area (Å²) in [5.74, 6) is 1.33. The second-order valence-electron chi connectivity index (χ2n) is 5.26. The molecule has 0 aliphatic carbocycles. The lowest BCUT2D eigenvalue weighted by Crippen LogP contribution is -2.22. The number of halogens is 1. The van der Waals surface area contributed by atoms with E-state index in [9.17, 15) is 4.79 Å². The number of hydrogen-bond donors (Lipinski definition) is 1. The molecule has 0 spiro atoms. The normalized spacial score (nSPS) is 10.3. The van der Waals surface area contributed by atoms with E-state index in [2.05, 4.69) is 28.2 Å². The zero-order valence-corrected chi connectivity index (χ0v) is 15.6. The number of benzene rings is 2. The zero-order valence-electron chi connectivity index (χ0n) is 14.0. The van der Waals surface area contributed by atoms with Crippen molar-refractivity contribution >= 4 is 21.8 Å². The molecule has 0 unspecified atom stereocenters. The van der Waals surface area contributed by atoms with Gasteiger partial charge in [-0.15, -0.1) is 0 Å². The van der Waals surface area contributed by atoms with Gasteiger partial charge in [-0.3, -0.25) is 4.79 Å². The Labute approximate surface area is 151 Å². The minimum Gasteiger partial charge on any atom is -0.490 e. The minimum atomic E-state index is -0.111. The maximum absolute atomic E-state index is 12.2. The Bertz CT molecular complexity index is 688. The van der Waals surface area contributed by atoms with Crippen molar-refractivity contribution in [2.24, 2.45) is 0 Å². The Hall–Kier alpha value is -2.01. The average Bonchev–Trinajstić information content (AvgIpc) is 2.59. The Kier molecular flexibility index (Phi) is 7.12. The van der Waals surface area contributed by atoms with Gasteiger partial charge in [-0.1, -0.05) is 35.0 Å². The lowest BCUT2D eigenvalue weighted by atomic mass is 10.1. The van der Waals surface area contributed by atoms with Crippen LogP contribution in [0.5, 0.6) is 11.5 Å². The first-order chi connectivity index (χ1) is 11.6. The second-order valence-corrected chi connectivity index (χ2v) is 6.17. The smallest absolute Gasteiger partial charge is 0.251 e. The molecule has 0 fully saturated rings. The number of amides is 1. The molecule has 4 nitrogen and oxygen atoms in total. The first-order valence-electron chi connectivity index (χ1n) is 8.06. The largest absolute Gasteiger partial charge is 0.490 e. The standard InChI is InChI=1S/C19H22BrNO3/c1-3-10-24-17-9-8-14(11-18(17)23-4-2)13-21-19(22)15-6-5-7-16(20)12-15/h5-9,11-12H,3-4,10,13H2,1-2H3,(H,21,22). The molecule has 0 aromatic heterocycles. The van der Waals surface area contributed by atoms with Crippen LogP contribution >= 0.6 is 15.9 Å². The molecule has 0 bridgehead atoms. The Morgan fingerprint density at radius 3 is 2.62 bits per heavy atom. The van der Waals surface area contributed by atoms with Crippen LogP contribution in [0.1, 0.15) is 36.2 Å². The van der Waals surface area contributed by atoms with E-state index in [4.69, 9.17) is 9.47 Å². The number of hydrogen-bond acceptors (Lipinski definition) is 3. The van der Waals surface area contributed by atoms with Crippen LogP contribution in [0, 0.1) is 0 Å². The Morgan fingerprint density at radius 2 is 1.92 bits per heavy atom. The van der Waals surface area contributed by atoms with Gasteiger partial charge in [-0.25, -0.2) is 0 Å². The minimum absolute atomic E-state index is 0.111. The number of rotatable bonds is 8. The summed E-state index contributed by atoms with van der Waals surface area (Å²) in [6.45, 7) is 5.65. The summed E-state index contributed by atoms with van der Waals surface area (Å²) in [6.07, 6.45) is 0.940. The summed E-state index contributed by atoms with van der Waals surface area (Å²) < 4.78 is 12.2. The van der Waals surface area contributed by atoms with E-state index in [1.807, 2.05) is 37.3 Å². The highest BCUT2D eigenvalue weighted by Crippen LogP contribution is 2.28. The van der Waals surface area contributed by atoms with Crippen molar-refractivity contribution in [3.63, 3.8) is 0 Å². The van der Waals surface area contributed by atoms with Gasteiger partial charge >= 0.3 is 0 Å². The molecule has 0 radical (unpaired) electrons. The average molecular weight is 392 g/mol. The topological polar surface area (TPSA) is 47.6 Å². The molecule has 1 N–H and O–H groups in total. The van der Waals surface area contributed by atoms with Crippen molar-refractivity contribution in [2.75, 3.05) is 13.2 Å². The molecule has 0 saturated carbocycles. The summed E-state index contributed by atoms with van der Waals surface area (Å²) >= 11 is 3.37. The molecule has 5 heteroatoms. The summed E-state index contributed by atoms with van der Waals surface area (Å²) in [5, 5.41) is 2.92. The van der Waals surface area contributed by atoms with E-state index in [0.717, 1.165) is 22.2 Å². The van der Waals surface area contributed by atoms with Crippen molar-refractivity contribution in [3.05, 3.63) is 58.1 Å². The van der Waals surface area contributed by atoms with Crippen LogP contribution in [0.15, 0.2) is 46.9 Å². The molecule has 0 heterocycles. The van der Waals surface area contributed by atoms with Crippen LogP contribution in [-0.2, 0) is 6.54 Å². The number of nitrogens with one attached hydrogen (secondary N) is 1. The van der Waals surface area contributed by atoms with Crippen molar-refractivity contribution in [1.82, 2.24) is 5.32 Å². The maximum atomic E-state index is 12.2. The van der Waals surface area contributed by atoms with Gasteiger partial charge in [0.15, 0.2) is 11.5 Å². The van der Waals surface area contributed by atoms with Crippen LogP contribution in [0.2, 0.25) is 0 Å². The van der Waals surface area contributed by atoms with Crippen molar-refractivity contribution in [2.45, 2.75) is 26.8 Å². The zero-order chi connectivity index (χ0) is 17.4. The van der Waals surface area contributed by atoms with E-state index in [1.165, 1.54) is 0 Å². The van der Waals surface area contributed by atoms with Gasteiger partial charge in [0.25, 0.3) is 5.91 Å². The third kappa shape index (κ3) is 5.27. The number of carbonyl (C=O) groups is 1. The van der Waals surface area contributed by atoms with Gasteiger partial charge in [0.2, 0.25) is 0 Å². The lowest BCUT2D eigenvalue weighted by Gasteiger charge is -2.13. The molecular formula is C19H22BrNO3. The molecule has 0 saturated heterocycles. The number of ether oxygens (including phenoxy) is 2. The monoisotopic (exact) mass is 391 g/mol. The van der Waals surface area contributed by atoms with Crippen LogP contribution < -0.4 is 14.8 Å². The second kappa shape index (κ2) is 9.33. The van der Waals surface area contributed by atoms with E-state index < -0.39 is 0 Å². The molecular weight excluding hydrogens is 370 g/mol. The van der Waals surface area contributed by atoms with E-state index >= 15 is 0 Å². The molecule has 0 atom stereocenters. The number of carbonyl (C=O) groups excluding carboxylic acids is 1. The van der Waals surface area contributed by atoms with Gasteiger partial charge in [-0.05, 0) is 49.2 Å². The molecule has 2 rings (SSSR count). The molecule has 0 aliphatic rings. The predicted molar refractivity (Wildman–Crippen MR) is 98.7 cm³/mol. The SMILES string of the molecule is CCCOc1ccc(CNC(=O)c2cccc(Br)c2)cc1OCC. The summed E-state index contributed by atoms with van der Waals surface area (Å²) in [5.41, 5.74) is 1.59. The van der Waals surface area contributed by atoms with Crippen molar-refractivity contribution in [3.8, 4) is 11.5 Å². The molecule has 1 amide bonds. The highest BCUT2D eigenvalue weighted by atomic mass is 79.9. The van der Waals surface area contributed by atoms with Crippen LogP contribution in [0.3, 0.4) is 0 Å². The maximum Gasteiger partial charge on any atom is 0.251 e. The molecule has 0 aliphatic heterocycles. The lowest BCUT2D eigenvalue weighted by molar-refractivity contribution is 0.0951. The quantitative estimate of drug-likeness (QED) is 0.716. The summed E-state index contributed by atoms with van der Waals surface area (Å²) in [6, 6.07) is 13.0. The van der Waals surface area contributed by atoms with Crippen LogP contribution in [0.25, 0.3) is 0 Å². The van der Waals surface area contributed by atoms with Gasteiger partial charge in [0.05, 0.1) is 13.2 Å². The molecule has 24 heavy (non-hydrogen) atoms. The predicted octanol–water partition coefficient (Wildman–Crippen LogP) is 4.57. The van der Waals surface area contributed by atoms with Crippen molar-refractivity contribution < 1.29 is 14.3 Å². The fourth-order valence-electron chi connectivity index (χ4n) is 2.18. The highest BCUT2D eigenvalue weighted by molar-refractivity contribution is 9.10. The van der Waals surface area contributed by atoms with Crippen molar-refractivity contribution in [1.29, 1.82) is 0 Å². The Balaban J connectivity index is 2.03. The van der Waals surface area contributed by atoms with Gasteiger partial charge < -0.3 is 14.8 Å². The third-order valence-corrected chi connectivity index (χ3v) is 3.80. The Morgan fingerprint density at radius 1 is 1.08 bits per heavy atom. The fourth-order valence-corrected chi connectivity index (χ4v) is 2.58. The van der Waals surface area contributed by atoms with E-state index in [-0.39, 0.29) is 5.91 Å². The third-order valence-electron chi connectivity index (χ3n) is 3.31. The molecule has 128 valence electrons. The first-order valence-corrected chi connectivity index (χ1v) is 8.85. The van der Waals surface area contributed by atoms with Gasteiger partial charge in [-0.2, -0.15) is 0 Å². The summed E-state index contributed by atoms with van der Waals surface area (Å²) in [7, 11) is 0. The molecule has 2 aromatic carbocycles. The van der Waals surface area contributed by atoms with Crippen LogP contribution in [0.4, 0.5) is 0 Å². The van der Waals surface area contributed by atoms with E-state index in [1.54, 1.807) is 12.1 Å².